The summed E-state index contributed by atoms with van der Waals surface area (Å²) in [5.41, 5.74) is 4.08. The van der Waals surface area contributed by atoms with E-state index in [4.69, 9.17) is 4.74 Å². The molecule has 2 atom stereocenters. The number of carbonyl (C=O) groups excluding carboxylic acids is 2. The Kier molecular flexibility index (Phi) is 10.1. The lowest BCUT2D eigenvalue weighted by atomic mass is 10.0. The highest BCUT2D eigenvalue weighted by Gasteiger charge is 2.31. The Balaban J connectivity index is 1.92. The summed E-state index contributed by atoms with van der Waals surface area (Å²) in [7, 11) is 0. The quantitative estimate of drug-likeness (QED) is 0.318. The normalized spacial score (nSPS) is 12.5. The fourth-order valence-electron chi connectivity index (χ4n) is 3.90. The van der Waals surface area contributed by atoms with Crippen molar-refractivity contribution in [2.24, 2.45) is 0 Å². The predicted octanol–water partition coefficient (Wildman–Crippen LogP) is 6.00. The first-order chi connectivity index (χ1) is 17.3. The summed E-state index contributed by atoms with van der Waals surface area (Å²) in [5, 5.41) is 3.09. The summed E-state index contributed by atoms with van der Waals surface area (Å²) in [5.74, 6) is 0.220. The van der Waals surface area contributed by atoms with E-state index in [0.29, 0.717) is 18.7 Å². The molecule has 0 saturated carbocycles. The minimum Gasteiger partial charge on any atom is -0.484 e. The minimum absolute atomic E-state index is 0.00757. The van der Waals surface area contributed by atoms with Crippen molar-refractivity contribution in [1.29, 1.82) is 0 Å². The first kappa shape index (κ1) is 27.5. The second-order valence-corrected chi connectivity index (χ2v) is 10.0. The summed E-state index contributed by atoms with van der Waals surface area (Å²) < 4.78 is 6.87. The number of amides is 2. The standard InChI is InChI=1S/C30H35BrN2O3/c1-5-23(4)32-30(35)28(18-24-12-7-6-8-13-24)33(19-25-14-10-9-11-21(25)2)29(34)20-36-26-15-16-27(31)22(3)17-26/h6-17,23,28H,5,18-20H2,1-4H3,(H,32,35)/t23-,28-/m1/s1. The van der Waals surface area contributed by atoms with E-state index in [1.807, 2.05) is 100 Å². The molecule has 3 aromatic carbocycles. The molecule has 190 valence electrons. The Morgan fingerprint density at radius 1 is 0.972 bits per heavy atom. The lowest BCUT2D eigenvalue weighted by Gasteiger charge is -2.32. The van der Waals surface area contributed by atoms with E-state index >= 15 is 0 Å². The fraction of sp³-hybridized carbons (Fsp3) is 0.333. The number of nitrogens with zero attached hydrogens (tertiary/aromatic N) is 1. The van der Waals surface area contributed by atoms with Gasteiger partial charge in [-0.25, -0.2) is 0 Å². The average Bonchev–Trinajstić information content (AvgIpc) is 2.88. The van der Waals surface area contributed by atoms with Crippen molar-refractivity contribution in [2.75, 3.05) is 6.61 Å². The molecule has 0 saturated heterocycles. The molecule has 0 aliphatic carbocycles. The van der Waals surface area contributed by atoms with Gasteiger partial charge < -0.3 is 15.0 Å². The molecule has 0 aliphatic heterocycles. The molecule has 1 N–H and O–H groups in total. The molecule has 0 fully saturated rings. The third-order valence-corrected chi connectivity index (χ3v) is 7.26. The van der Waals surface area contributed by atoms with Crippen LogP contribution in [0, 0.1) is 13.8 Å². The van der Waals surface area contributed by atoms with Gasteiger partial charge in [-0.2, -0.15) is 0 Å². The van der Waals surface area contributed by atoms with Crippen LogP contribution in [0.3, 0.4) is 0 Å². The van der Waals surface area contributed by atoms with E-state index in [0.717, 1.165) is 33.1 Å². The summed E-state index contributed by atoms with van der Waals surface area (Å²) >= 11 is 3.49. The Morgan fingerprint density at radius 3 is 2.33 bits per heavy atom. The zero-order chi connectivity index (χ0) is 26.1. The SMILES string of the molecule is CC[C@@H](C)NC(=O)[C@@H](Cc1ccccc1)N(Cc1ccccc1C)C(=O)COc1ccc(Br)c(C)c1. The predicted molar refractivity (Wildman–Crippen MR) is 148 cm³/mol. The minimum atomic E-state index is -0.677. The third kappa shape index (κ3) is 7.69. The molecule has 0 aliphatic rings. The van der Waals surface area contributed by atoms with Crippen molar-refractivity contribution in [1.82, 2.24) is 10.2 Å². The number of aryl methyl sites for hydroxylation is 2. The molecule has 5 nitrogen and oxygen atoms in total. The maximum absolute atomic E-state index is 13.7. The molecule has 0 spiro atoms. The van der Waals surface area contributed by atoms with Crippen LogP contribution in [0.25, 0.3) is 0 Å². The van der Waals surface area contributed by atoms with Crippen LogP contribution in [-0.4, -0.2) is 35.4 Å². The van der Waals surface area contributed by atoms with Crippen LogP contribution in [0.2, 0.25) is 0 Å². The van der Waals surface area contributed by atoms with Crippen molar-refractivity contribution in [3.05, 3.63) is 99.5 Å². The van der Waals surface area contributed by atoms with Crippen molar-refractivity contribution in [3.63, 3.8) is 0 Å². The largest absolute Gasteiger partial charge is 0.484 e. The lowest BCUT2D eigenvalue weighted by Crippen LogP contribution is -2.53. The first-order valence-electron chi connectivity index (χ1n) is 12.4. The van der Waals surface area contributed by atoms with Crippen molar-refractivity contribution in [3.8, 4) is 5.75 Å². The van der Waals surface area contributed by atoms with Gasteiger partial charge >= 0.3 is 0 Å². The molecule has 0 unspecified atom stereocenters. The van der Waals surface area contributed by atoms with Crippen LogP contribution in [0.4, 0.5) is 0 Å². The molecule has 0 bridgehead atoms. The smallest absolute Gasteiger partial charge is 0.261 e. The number of rotatable bonds is 11. The second-order valence-electron chi connectivity index (χ2n) is 9.17. The van der Waals surface area contributed by atoms with Gasteiger partial charge in [-0.15, -0.1) is 0 Å². The van der Waals surface area contributed by atoms with Gasteiger partial charge in [0.15, 0.2) is 6.61 Å². The number of nitrogens with one attached hydrogen (secondary N) is 1. The van der Waals surface area contributed by atoms with Crippen LogP contribution in [0.15, 0.2) is 77.3 Å². The first-order valence-corrected chi connectivity index (χ1v) is 13.1. The van der Waals surface area contributed by atoms with Crippen LogP contribution in [0.1, 0.15) is 42.5 Å². The van der Waals surface area contributed by atoms with E-state index in [1.54, 1.807) is 4.90 Å². The van der Waals surface area contributed by atoms with Gasteiger partial charge in [0.1, 0.15) is 11.8 Å². The van der Waals surface area contributed by atoms with Crippen LogP contribution < -0.4 is 10.1 Å². The Labute approximate surface area is 223 Å². The number of ether oxygens (including phenoxy) is 1. The number of carbonyl (C=O) groups is 2. The Hall–Kier alpha value is -3.12. The molecular formula is C30H35BrN2O3. The van der Waals surface area contributed by atoms with E-state index in [-0.39, 0.29) is 24.5 Å². The summed E-state index contributed by atoms with van der Waals surface area (Å²) in [6.07, 6.45) is 1.22. The Bertz CT molecular complexity index is 1170. The number of hydrogen-bond donors (Lipinski definition) is 1. The second kappa shape index (κ2) is 13.3. The monoisotopic (exact) mass is 550 g/mol. The maximum atomic E-state index is 13.7. The highest BCUT2D eigenvalue weighted by atomic mass is 79.9. The lowest BCUT2D eigenvalue weighted by molar-refractivity contribution is -0.143. The maximum Gasteiger partial charge on any atom is 0.261 e. The van der Waals surface area contributed by atoms with Gasteiger partial charge in [-0.1, -0.05) is 77.5 Å². The zero-order valence-corrected chi connectivity index (χ0v) is 23.0. The van der Waals surface area contributed by atoms with Gasteiger partial charge in [-0.05, 0) is 67.6 Å². The molecule has 0 heterocycles. The summed E-state index contributed by atoms with van der Waals surface area (Å²) in [6.45, 7) is 8.16. The summed E-state index contributed by atoms with van der Waals surface area (Å²) in [6, 6.07) is 22.7. The van der Waals surface area contributed by atoms with Crippen LogP contribution >= 0.6 is 15.9 Å². The molecule has 2 amide bonds. The topological polar surface area (TPSA) is 58.6 Å². The van der Waals surface area contributed by atoms with Crippen molar-refractivity contribution < 1.29 is 14.3 Å². The van der Waals surface area contributed by atoms with Gasteiger partial charge in [0.05, 0.1) is 0 Å². The molecule has 0 aromatic heterocycles. The van der Waals surface area contributed by atoms with Gasteiger partial charge in [0.25, 0.3) is 5.91 Å². The highest BCUT2D eigenvalue weighted by Crippen LogP contribution is 2.22. The number of halogens is 1. The van der Waals surface area contributed by atoms with Crippen molar-refractivity contribution >= 4 is 27.7 Å². The van der Waals surface area contributed by atoms with E-state index in [2.05, 4.69) is 21.2 Å². The number of hydrogen-bond acceptors (Lipinski definition) is 3. The fourth-order valence-corrected chi connectivity index (χ4v) is 4.15. The van der Waals surface area contributed by atoms with Gasteiger partial charge in [0.2, 0.25) is 5.91 Å². The van der Waals surface area contributed by atoms with Crippen LogP contribution in [-0.2, 0) is 22.6 Å². The molecule has 36 heavy (non-hydrogen) atoms. The van der Waals surface area contributed by atoms with E-state index in [1.165, 1.54) is 0 Å². The molecule has 3 aromatic rings. The van der Waals surface area contributed by atoms with Crippen molar-refractivity contribution in [2.45, 2.75) is 59.2 Å². The summed E-state index contributed by atoms with van der Waals surface area (Å²) in [4.78, 5) is 28.9. The van der Waals surface area contributed by atoms with Crippen LogP contribution in [0.5, 0.6) is 5.75 Å². The molecule has 6 heteroatoms. The zero-order valence-electron chi connectivity index (χ0n) is 21.5. The van der Waals surface area contributed by atoms with Gasteiger partial charge in [-0.3, -0.25) is 9.59 Å². The third-order valence-electron chi connectivity index (χ3n) is 6.37. The highest BCUT2D eigenvalue weighted by molar-refractivity contribution is 9.10. The number of benzene rings is 3. The molecular weight excluding hydrogens is 516 g/mol. The van der Waals surface area contributed by atoms with E-state index < -0.39 is 6.04 Å². The molecule has 0 radical (unpaired) electrons. The average molecular weight is 552 g/mol. The van der Waals surface area contributed by atoms with E-state index in [9.17, 15) is 9.59 Å². The Morgan fingerprint density at radius 2 is 1.67 bits per heavy atom. The molecule has 3 rings (SSSR count). The van der Waals surface area contributed by atoms with Gasteiger partial charge in [0, 0.05) is 23.5 Å².